The Kier molecular flexibility index (Phi) is 4.63. The van der Waals surface area contributed by atoms with Gasteiger partial charge in [0, 0.05) is 13.6 Å². The van der Waals surface area contributed by atoms with Crippen molar-refractivity contribution in [3.63, 3.8) is 0 Å². The molecular formula is C13H18FNO2. The lowest BCUT2D eigenvalue weighted by Crippen LogP contribution is -2.30. The molecule has 0 aliphatic carbocycles. The van der Waals surface area contributed by atoms with Crippen LogP contribution in [0.15, 0.2) is 18.2 Å². The van der Waals surface area contributed by atoms with Crippen LogP contribution in [0.5, 0.6) is 0 Å². The quantitative estimate of drug-likeness (QED) is 0.872. The number of hydrogen-bond donors (Lipinski definition) is 1. The van der Waals surface area contributed by atoms with Crippen molar-refractivity contribution in [2.75, 3.05) is 13.6 Å². The molecule has 1 atom stereocenters. The third-order valence-electron chi connectivity index (χ3n) is 2.65. The molecule has 0 saturated heterocycles. The molecule has 0 radical (unpaired) electrons. The minimum absolute atomic E-state index is 0.0816. The van der Waals surface area contributed by atoms with E-state index in [1.54, 1.807) is 33.0 Å². The number of rotatable bonds is 4. The van der Waals surface area contributed by atoms with Crippen LogP contribution in [0.2, 0.25) is 0 Å². The van der Waals surface area contributed by atoms with Crippen LogP contribution in [-0.4, -0.2) is 35.6 Å². The van der Waals surface area contributed by atoms with Crippen molar-refractivity contribution in [2.24, 2.45) is 0 Å². The summed E-state index contributed by atoms with van der Waals surface area (Å²) in [7, 11) is 1.60. The van der Waals surface area contributed by atoms with Gasteiger partial charge in [0.1, 0.15) is 5.82 Å². The highest BCUT2D eigenvalue weighted by Gasteiger charge is 2.17. The van der Waals surface area contributed by atoms with Gasteiger partial charge in [-0.15, -0.1) is 0 Å². The lowest BCUT2D eigenvalue weighted by Gasteiger charge is -2.18. The highest BCUT2D eigenvalue weighted by atomic mass is 19.1. The Balaban J connectivity index is 2.78. The highest BCUT2D eigenvalue weighted by Crippen LogP contribution is 2.14. The fourth-order valence-corrected chi connectivity index (χ4v) is 1.50. The average Bonchev–Trinajstić information content (AvgIpc) is 2.28. The lowest BCUT2D eigenvalue weighted by atomic mass is 10.1. The van der Waals surface area contributed by atoms with Gasteiger partial charge in [-0.2, -0.15) is 0 Å². The second kappa shape index (κ2) is 5.77. The number of hydrogen-bond acceptors (Lipinski definition) is 2. The predicted octanol–water partition coefficient (Wildman–Crippen LogP) is 1.98. The van der Waals surface area contributed by atoms with Gasteiger partial charge in [0.15, 0.2) is 0 Å². The monoisotopic (exact) mass is 239 g/mol. The molecule has 3 nitrogen and oxygen atoms in total. The van der Waals surface area contributed by atoms with Gasteiger partial charge in [-0.05, 0) is 31.9 Å². The van der Waals surface area contributed by atoms with Crippen molar-refractivity contribution in [2.45, 2.75) is 26.4 Å². The molecular weight excluding hydrogens is 221 g/mol. The Bertz CT molecular complexity index is 404. The van der Waals surface area contributed by atoms with Crippen molar-refractivity contribution in [3.05, 3.63) is 35.1 Å². The molecule has 1 N–H and O–H groups in total. The van der Waals surface area contributed by atoms with E-state index in [0.717, 1.165) is 0 Å². The number of carbonyl (C=O) groups excluding carboxylic acids is 1. The van der Waals surface area contributed by atoms with Crippen LogP contribution in [0.3, 0.4) is 0 Å². The van der Waals surface area contributed by atoms with E-state index >= 15 is 0 Å². The maximum absolute atomic E-state index is 13.7. The molecule has 0 aliphatic rings. The van der Waals surface area contributed by atoms with E-state index in [2.05, 4.69) is 0 Å². The zero-order valence-electron chi connectivity index (χ0n) is 10.4. The Morgan fingerprint density at radius 1 is 1.53 bits per heavy atom. The summed E-state index contributed by atoms with van der Waals surface area (Å²) in [5.74, 6) is -0.826. The topological polar surface area (TPSA) is 40.5 Å². The van der Waals surface area contributed by atoms with Crippen LogP contribution in [-0.2, 0) is 0 Å². The molecule has 0 fully saturated rings. The number of benzene rings is 1. The molecule has 1 aromatic rings. The first-order chi connectivity index (χ1) is 7.93. The van der Waals surface area contributed by atoms with E-state index in [9.17, 15) is 9.18 Å². The van der Waals surface area contributed by atoms with Gasteiger partial charge in [-0.3, -0.25) is 4.79 Å². The van der Waals surface area contributed by atoms with Crippen molar-refractivity contribution in [3.8, 4) is 0 Å². The molecule has 4 heteroatoms. The summed E-state index contributed by atoms with van der Waals surface area (Å²) >= 11 is 0. The fraction of sp³-hybridized carbons (Fsp3) is 0.462. The van der Waals surface area contributed by atoms with Crippen molar-refractivity contribution in [1.29, 1.82) is 0 Å². The van der Waals surface area contributed by atoms with E-state index in [1.165, 1.54) is 11.0 Å². The SMILES string of the molecule is Cc1cccc(C(=O)N(C)CCC(C)O)c1F. The summed E-state index contributed by atoms with van der Waals surface area (Å²) in [6.07, 6.45) is 0.0166. The summed E-state index contributed by atoms with van der Waals surface area (Å²) in [6, 6.07) is 4.76. The third-order valence-corrected chi connectivity index (χ3v) is 2.65. The maximum Gasteiger partial charge on any atom is 0.256 e. The molecule has 0 spiro atoms. The molecule has 1 rings (SSSR count). The number of halogens is 1. The minimum atomic E-state index is -0.471. The predicted molar refractivity (Wildman–Crippen MR) is 64.4 cm³/mol. The van der Waals surface area contributed by atoms with Crippen LogP contribution in [0.4, 0.5) is 4.39 Å². The summed E-state index contributed by atoms with van der Waals surface area (Å²) in [6.45, 7) is 3.69. The Morgan fingerprint density at radius 2 is 2.18 bits per heavy atom. The van der Waals surface area contributed by atoms with Gasteiger partial charge >= 0.3 is 0 Å². The van der Waals surface area contributed by atoms with Crippen LogP contribution in [0, 0.1) is 12.7 Å². The number of aliphatic hydroxyl groups is 1. The maximum atomic E-state index is 13.7. The molecule has 94 valence electrons. The number of aryl methyl sites for hydroxylation is 1. The van der Waals surface area contributed by atoms with Crippen LogP contribution < -0.4 is 0 Å². The molecule has 1 unspecified atom stereocenters. The average molecular weight is 239 g/mol. The normalized spacial score (nSPS) is 12.3. The smallest absolute Gasteiger partial charge is 0.256 e. The zero-order chi connectivity index (χ0) is 13.0. The number of amides is 1. The molecule has 0 heterocycles. The van der Waals surface area contributed by atoms with E-state index in [0.29, 0.717) is 18.5 Å². The van der Waals surface area contributed by atoms with Gasteiger partial charge in [0.05, 0.1) is 11.7 Å². The second-order valence-corrected chi connectivity index (χ2v) is 4.30. The van der Waals surface area contributed by atoms with E-state index in [-0.39, 0.29) is 11.5 Å². The van der Waals surface area contributed by atoms with Gasteiger partial charge in [-0.1, -0.05) is 12.1 Å². The third kappa shape index (κ3) is 3.53. The first-order valence-electron chi connectivity index (χ1n) is 5.62. The number of carbonyl (C=O) groups is 1. The fourth-order valence-electron chi connectivity index (χ4n) is 1.50. The minimum Gasteiger partial charge on any atom is -0.393 e. The summed E-state index contributed by atoms with van der Waals surface area (Å²) in [5, 5.41) is 9.14. The first-order valence-corrected chi connectivity index (χ1v) is 5.62. The van der Waals surface area contributed by atoms with Crippen LogP contribution in [0.1, 0.15) is 29.3 Å². The largest absolute Gasteiger partial charge is 0.393 e. The first kappa shape index (κ1) is 13.6. The van der Waals surface area contributed by atoms with Crippen molar-refractivity contribution >= 4 is 5.91 Å². The molecule has 0 saturated carbocycles. The standard InChI is InChI=1S/C13H18FNO2/c1-9-5-4-6-11(12(9)14)13(17)15(3)8-7-10(2)16/h4-6,10,16H,7-8H2,1-3H3. The molecule has 1 aromatic carbocycles. The molecule has 0 bridgehead atoms. The Labute approximate surface area is 101 Å². The van der Waals surface area contributed by atoms with Crippen molar-refractivity contribution in [1.82, 2.24) is 4.90 Å². The molecule has 0 aliphatic heterocycles. The van der Waals surface area contributed by atoms with Gasteiger partial charge in [0.25, 0.3) is 5.91 Å². The summed E-state index contributed by atoms with van der Waals surface area (Å²) in [5.41, 5.74) is 0.540. The Hall–Kier alpha value is -1.42. The lowest BCUT2D eigenvalue weighted by molar-refractivity contribution is 0.0764. The summed E-state index contributed by atoms with van der Waals surface area (Å²) < 4.78 is 13.7. The molecule has 1 amide bonds. The second-order valence-electron chi connectivity index (χ2n) is 4.30. The Morgan fingerprint density at radius 3 is 2.76 bits per heavy atom. The van der Waals surface area contributed by atoms with Crippen molar-refractivity contribution < 1.29 is 14.3 Å². The van der Waals surface area contributed by atoms with Crippen LogP contribution >= 0.6 is 0 Å². The van der Waals surface area contributed by atoms with Gasteiger partial charge in [-0.25, -0.2) is 4.39 Å². The van der Waals surface area contributed by atoms with Gasteiger partial charge in [0.2, 0.25) is 0 Å². The van der Waals surface area contributed by atoms with E-state index in [1.807, 2.05) is 0 Å². The molecule has 0 aromatic heterocycles. The number of nitrogens with zero attached hydrogens (tertiary/aromatic N) is 1. The van der Waals surface area contributed by atoms with Crippen LogP contribution in [0.25, 0.3) is 0 Å². The summed E-state index contributed by atoms with van der Waals surface area (Å²) in [4.78, 5) is 13.4. The van der Waals surface area contributed by atoms with E-state index in [4.69, 9.17) is 5.11 Å². The van der Waals surface area contributed by atoms with E-state index < -0.39 is 11.9 Å². The zero-order valence-corrected chi connectivity index (χ0v) is 10.4. The number of aliphatic hydroxyl groups excluding tert-OH is 1. The van der Waals surface area contributed by atoms with Gasteiger partial charge < -0.3 is 10.0 Å². The highest BCUT2D eigenvalue weighted by molar-refractivity contribution is 5.94. The molecule has 17 heavy (non-hydrogen) atoms.